The van der Waals surface area contributed by atoms with Crippen LogP contribution in [0.4, 0.5) is 4.39 Å². The third-order valence-corrected chi connectivity index (χ3v) is 4.23. The van der Waals surface area contributed by atoms with Crippen LogP contribution in [0.25, 0.3) is 11.3 Å². The molecule has 0 bridgehead atoms. The highest BCUT2D eigenvalue weighted by atomic mass is 19.1. The van der Waals surface area contributed by atoms with E-state index in [0.717, 1.165) is 11.3 Å². The van der Waals surface area contributed by atoms with Gasteiger partial charge in [-0.3, -0.25) is 14.6 Å². The van der Waals surface area contributed by atoms with Crippen LogP contribution in [0.5, 0.6) is 0 Å². The van der Waals surface area contributed by atoms with Gasteiger partial charge >= 0.3 is 0 Å². The summed E-state index contributed by atoms with van der Waals surface area (Å²) in [7, 11) is 3.90. The van der Waals surface area contributed by atoms with Gasteiger partial charge in [-0.1, -0.05) is 18.2 Å². The Bertz CT molecular complexity index is 813. The van der Waals surface area contributed by atoms with E-state index < -0.39 is 0 Å². The molecule has 1 aromatic carbocycles. The number of aromatic nitrogens is 3. The molecule has 4 nitrogen and oxygen atoms in total. The van der Waals surface area contributed by atoms with Crippen LogP contribution in [0, 0.1) is 5.82 Å². The molecule has 2 heterocycles. The van der Waals surface area contributed by atoms with E-state index in [4.69, 9.17) is 0 Å². The molecule has 124 valence electrons. The van der Waals surface area contributed by atoms with Gasteiger partial charge in [0.2, 0.25) is 0 Å². The molecule has 0 fully saturated rings. The maximum Gasteiger partial charge on any atom is 0.132 e. The van der Waals surface area contributed by atoms with Crippen molar-refractivity contribution in [1.29, 1.82) is 0 Å². The third kappa shape index (κ3) is 3.36. The van der Waals surface area contributed by atoms with E-state index in [1.54, 1.807) is 23.0 Å². The van der Waals surface area contributed by atoms with E-state index in [-0.39, 0.29) is 11.9 Å². The second-order valence-electron chi connectivity index (χ2n) is 6.00. The van der Waals surface area contributed by atoms with Gasteiger partial charge in [-0.25, -0.2) is 4.39 Å². The van der Waals surface area contributed by atoms with Gasteiger partial charge in [-0.05, 0) is 38.2 Å². The van der Waals surface area contributed by atoms with E-state index in [2.05, 4.69) is 21.9 Å². The van der Waals surface area contributed by atoms with Gasteiger partial charge in [0.05, 0.1) is 11.4 Å². The highest BCUT2D eigenvalue weighted by molar-refractivity contribution is 5.63. The number of aryl methyl sites for hydroxylation is 1. The topological polar surface area (TPSA) is 34.0 Å². The standard InChI is InChI=1S/C19H21FN4/c1-14(18-10-6-7-11-21-18)23(2)12-15-13-24(3)22-19(15)16-8-4-5-9-17(16)20/h4-11,13-14H,12H2,1-3H3. The Morgan fingerprint density at radius 2 is 1.92 bits per heavy atom. The summed E-state index contributed by atoms with van der Waals surface area (Å²) in [6, 6.07) is 12.8. The van der Waals surface area contributed by atoms with Crippen LogP contribution in [0.1, 0.15) is 24.2 Å². The summed E-state index contributed by atoms with van der Waals surface area (Å²) < 4.78 is 15.9. The Balaban J connectivity index is 1.87. The predicted molar refractivity (Wildman–Crippen MR) is 92.7 cm³/mol. The molecule has 0 saturated heterocycles. The first kappa shape index (κ1) is 16.3. The fourth-order valence-corrected chi connectivity index (χ4v) is 2.79. The minimum atomic E-state index is -0.252. The normalized spacial score (nSPS) is 12.5. The zero-order valence-corrected chi connectivity index (χ0v) is 14.1. The van der Waals surface area contributed by atoms with Crippen molar-refractivity contribution in [3.63, 3.8) is 0 Å². The van der Waals surface area contributed by atoms with Crippen molar-refractivity contribution in [2.45, 2.75) is 19.5 Å². The molecule has 0 aliphatic heterocycles. The molecular weight excluding hydrogens is 303 g/mol. The predicted octanol–water partition coefficient (Wildman–Crippen LogP) is 3.81. The summed E-state index contributed by atoms with van der Waals surface area (Å²) in [6.07, 6.45) is 3.75. The monoisotopic (exact) mass is 324 g/mol. The zero-order chi connectivity index (χ0) is 17.1. The van der Waals surface area contributed by atoms with Crippen molar-refractivity contribution < 1.29 is 4.39 Å². The molecule has 0 aliphatic rings. The first-order valence-corrected chi connectivity index (χ1v) is 7.95. The molecule has 24 heavy (non-hydrogen) atoms. The minimum Gasteiger partial charge on any atom is -0.294 e. The van der Waals surface area contributed by atoms with Crippen molar-refractivity contribution >= 4 is 0 Å². The molecule has 0 spiro atoms. The zero-order valence-electron chi connectivity index (χ0n) is 14.1. The van der Waals surface area contributed by atoms with Crippen molar-refractivity contribution in [3.05, 3.63) is 71.9 Å². The minimum absolute atomic E-state index is 0.153. The average molecular weight is 324 g/mol. The van der Waals surface area contributed by atoms with Crippen molar-refractivity contribution in [2.75, 3.05) is 7.05 Å². The van der Waals surface area contributed by atoms with Crippen LogP contribution >= 0.6 is 0 Å². The second-order valence-corrected chi connectivity index (χ2v) is 6.00. The summed E-state index contributed by atoms with van der Waals surface area (Å²) in [6.45, 7) is 2.77. The largest absolute Gasteiger partial charge is 0.294 e. The smallest absolute Gasteiger partial charge is 0.132 e. The molecule has 1 atom stereocenters. The van der Waals surface area contributed by atoms with Crippen molar-refractivity contribution in [1.82, 2.24) is 19.7 Å². The van der Waals surface area contributed by atoms with Gasteiger partial charge in [0.25, 0.3) is 0 Å². The summed E-state index contributed by atoms with van der Waals surface area (Å²) in [5.41, 5.74) is 3.23. The molecule has 0 N–H and O–H groups in total. The van der Waals surface area contributed by atoms with Gasteiger partial charge in [0.1, 0.15) is 5.82 Å². The first-order valence-electron chi connectivity index (χ1n) is 7.95. The van der Waals surface area contributed by atoms with E-state index in [1.807, 2.05) is 44.6 Å². The number of rotatable bonds is 5. The highest BCUT2D eigenvalue weighted by Crippen LogP contribution is 2.27. The first-order chi connectivity index (χ1) is 11.6. The lowest BCUT2D eigenvalue weighted by Crippen LogP contribution is -2.22. The van der Waals surface area contributed by atoms with Gasteiger partial charge in [0, 0.05) is 43.2 Å². The average Bonchev–Trinajstić information content (AvgIpc) is 2.95. The Morgan fingerprint density at radius 1 is 1.17 bits per heavy atom. The Hall–Kier alpha value is -2.53. The number of nitrogens with zero attached hydrogens (tertiary/aromatic N) is 4. The van der Waals surface area contributed by atoms with Crippen LogP contribution in [0.15, 0.2) is 54.9 Å². The number of hydrogen-bond acceptors (Lipinski definition) is 3. The Morgan fingerprint density at radius 3 is 2.62 bits per heavy atom. The number of pyridine rings is 1. The number of hydrogen-bond donors (Lipinski definition) is 0. The van der Waals surface area contributed by atoms with E-state index in [9.17, 15) is 4.39 Å². The third-order valence-electron chi connectivity index (χ3n) is 4.23. The van der Waals surface area contributed by atoms with Crippen LogP contribution in [-0.2, 0) is 13.6 Å². The molecule has 0 aliphatic carbocycles. The molecule has 0 radical (unpaired) electrons. The summed E-state index contributed by atoms with van der Waals surface area (Å²) >= 11 is 0. The van der Waals surface area contributed by atoms with Crippen LogP contribution < -0.4 is 0 Å². The summed E-state index contributed by atoms with van der Waals surface area (Å²) in [5, 5.41) is 4.46. The van der Waals surface area contributed by atoms with Gasteiger partial charge < -0.3 is 0 Å². The molecule has 5 heteroatoms. The molecule has 2 aromatic heterocycles. The number of benzene rings is 1. The second kappa shape index (κ2) is 6.93. The van der Waals surface area contributed by atoms with E-state index in [1.165, 1.54) is 6.07 Å². The Labute approximate surface area is 141 Å². The van der Waals surface area contributed by atoms with Crippen molar-refractivity contribution in [3.8, 4) is 11.3 Å². The van der Waals surface area contributed by atoms with Gasteiger partial charge in [0.15, 0.2) is 0 Å². The maximum atomic E-state index is 14.2. The molecular formula is C19H21FN4. The van der Waals surface area contributed by atoms with E-state index in [0.29, 0.717) is 17.8 Å². The van der Waals surface area contributed by atoms with Crippen LogP contribution in [0.2, 0.25) is 0 Å². The SMILES string of the molecule is CC(c1ccccn1)N(C)Cc1cn(C)nc1-c1ccccc1F. The summed E-state index contributed by atoms with van der Waals surface area (Å²) in [4.78, 5) is 6.60. The lowest BCUT2D eigenvalue weighted by molar-refractivity contribution is 0.249. The van der Waals surface area contributed by atoms with Crippen LogP contribution in [-0.4, -0.2) is 26.7 Å². The van der Waals surface area contributed by atoms with Gasteiger partial charge in [-0.2, -0.15) is 5.10 Å². The fraction of sp³-hybridized carbons (Fsp3) is 0.263. The quantitative estimate of drug-likeness (QED) is 0.715. The molecule has 3 aromatic rings. The summed E-state index contributed by atoms with van der Waals surface area (Å²) in [5.74, 6) is -0.252. The maximum absolute atomic E-state index is 14.2. The fourth-order valence-electron chi connectivity index (χ4n) is 2.79. The molecule has 0 amide bonds. The molecule has 0 saturated carbocycles. The highest BCUT2D eigenvalue weighted by Gasteiger charge is 2.18. The molecule has 1 unspecified atom stereocenters. The van der Waals surface area contributed by atoms with Crippen molar-refractivity contribution in [2.24, 2.45) is 7.05 Å². The van der Waals surface area contributed by atoms with E-state index >= 15 is 0 Å². The Kier molecular flexibility index (Phi) is 4.71. The molecule has 3 rings (SSSR count). The lowest BCUT2D eigenvalue weighted by Gasteiger charge is -2.24. The number of halogens is 1. The van der Waals surface area contributed by atoms with Gasteiger partial charge in [-0.15, -0.1) is 0 Å². The lowest BCUT2D eigenvalue weighted by atomic mass is 10.1. The van der Waals surface area contributed by atoms with Crippen LogP contribution in [0.3, 0.4) is 0 Å².